The van der Waals surface area contributed by atoms with Gasteiger partial charge in [-0.2, -0.15) is 0 Å². The summed E-state index contributed by atoms with van der Waals surface area (Å²) >= 11 is 3.20. The molecule has 1 aromatic carbocycles. The quantitative estimate of drug-likeness (QED) is 0.930. The summed E-state index contributed by atoms with van der Waals surface area (Å²) < 4.78 is 11.6. The van der Waals surface area contributed by atoms with Crippen LogP contribution in [0.5, 0.6) is 11.5 Å². The SMILES string of the molecule is CC(C)CC1Oc2cc(Br)c(C(=O)O)cc2O1. The zero-order valence-corrected chi connectivity index (χ0v) is 11.2. The fourth-order valence-corrected chi connectivity index (χ4v) is 2.16. The number of carboxylic acids is 1. The van der Waals surface area contributed by atoms with E-state index in [0.717, 1.165) is 6.42 Å². The van der Waals surface area contributed by atoms with Gasteiger partial charge in [0.25, 0.3) is 0 Å². The highest BCUT2D eigenvalue weighted by atomic mass is 79.9. The number of benzene rings is 1. The lowest BCUT2D eigenvalue weighted by atomic mass is 10.1. The molecule has 0 saturated heterocycles. The molecule has 0 saturated carbocycles. The maximum atomic E-state index is 11.0. The average Bonchev–Trinajstić information content (AvgIpc) is 2.56. The van der Waals surface area contributed by atoms with Gasteiger partial charge >= 0.3 is 5.97 Å². The Kier molecular flexibility index (Phi) is 3.28. The van der Waals surface area contributed by atoms with Gasteiger partial charge in [-0.15, -0.1) is 0 Å². The standard InChI is InChI=1S/C12H13BrO4/c1-6(2)3-11-16-9-4-7(12(14)15)8(13)5-10(9)17-11/h4-6,11H,3H2,1-2H3,(H,14,15). The van der Waals surface area contributed by atoms with Crippen LogP contribution in [0.15, 0.2) is 16.6 Å². The van der Waals surface area contributed by atoms with Crippen molar-refractivity contribution in [3.05, 3.63) is 22.2 Å². The Bertz CT molecular complexity index is 456. The number of carboxylic acid groups (broad SMARTS) is 1. The van der Waals surface area contributed by atoms with Gasteiger partial charge in [0.15, 0.2) is 11.5 Å². The predicted molar refractivity (Wildman–Crippen MR) is 65.6 cm³/mol. The largest absolute Gasteiger partial charge is 0.478 e. The Labute approximate surface area is 108 Å². The summed E-state index contributed by atoms with van der Waals surface area (Å²) in [7, 11) is 0. The van der Waals surface area contributed by atoms with Crippen molar-refractivity contribution >= 4 is 21.9 Å². The number of aromatic carboxylic acids is 1. The van der Waals surface area contributed by atoms with E-state index in [2.05, 4.69) is 29.8 Å². The number of hydrogen-bond acceptors (Lipinski definition) is 3. The van der Waals surface area contributed by atoms with Gasteiger partial charge in [0.2, 0.25) is 6.29 Å². The molecular weight excluding hydrogens is 288 g/mol. The van der Waals surface area contributed by atoms with Crippen LogP contribution < -0.4 is 9.47 Å². The molecule has 2 rings (SSSR count). The molecule has 1 aliphatic rings. The Hall–Kier alpha value is -1.23. The summed E-state index contributed by atoms with van der Waals surface area (Å²) in [5, 5.41) is 8.98. The van der Waals surface area contributed by atoms with E-state index in [-0.39, 0.29) is 11.9 Å². The number of halogens is 1. The van der Waals surface area contributed by atoms with Gasteiger partial charge < -0.3 is 14.6 Å². The van der Waals surface area contributed by atoms with E-state index in [1.54, 1.807) is 6.07 Å². The second-order valence-corrected chi connectivity index (χ2v) is 5.23. The highest BCUT2D eigenvalue weighted by Crippen LogP contribution is 2.40. The minimum atomic E-state index is -0.990. The monoisotopic (exact) mass is 300 g/mol. The second-order valence-electron chi connectivity index (χ2n) is 4.38. The smallest absolute Gasteiger partial charge is 0.336 e. The van der Waals surface area contributed by atoms with E-state index in [4.69, 9.17) is 14.6 Å². The van der Waals surface area contributed by atoms with Gasteiger partial charge in [0.05, 0.1) is 5.56 Å². The Morgan fingerprint density at radius 2 is 2.00 bits per heavy atom. The van der Waals surface area contributed by atoms with Crippen LogP contribution in [0.4, 0.5) is 0 Å². The van der Waals surface area contributed by atoms with Crippen LogP contribution in [-0.4, -0.2) is 17.4 Å². The number of rotatable bonds is 3. The van der Waals surface area contributed by atoms with Gasteiger partial charge in [-0.25, -0.2) is 4.79 Å². The molecule has 0 spiro atoms. The lowest BCUT2D eigenvalue weighted by Gasteiger charge is -2.11. The fourth-order valence-electron chi connectivity index (χ4n) is 1.67. The normalized spacial score (nSPS) is 17.5. The van der Waals surface area contributed by atoms with Crippen molar-refractivity contribution in [3.63, 3.8) is 0 Å². The molecule has 0 aromatic heterocycles. The van der Waals surface area contributed by atoms with E-state index in [0.29, 0.717) is 21.9 Å². The molecule has 0 bridgehead atoms. The maximum Gasteiger partial charge on any atom is 0.336 e. The molecule has 0 radical (unpaired) electrons. The van der Waals surface area contributed by atoms with E-state index < -0.39 is 5.97 Å². The summed E-state index contributed by atoms with van der Waals surface area (Å²) in [5.74, 6) is 0.552. The number of carbonyl (C=O) groups is 1. The average molecular weight is 301 g/mol. The van der Waals surface area contributed by atoms with Crippen LogP contribution in [0.1, 0.15) is 30.6 Å². The molecule has 0 fully saturated rings. The van der Waals surface area contributed by atoms with Gasteiger partial charge in [-0.3, -0.25) is 0 Å². The van der Waals surface area contributed by atoms with Crippen molar-refractivity contribution in [2.45, 2.75) is 26.6 Å². The van der Waals surface area contributed by atoms with E-state index in [1.807, 2.05) is 0 Å². The van der Waals surface area contributed by atoms with Crippen molar-refractivity contribution in [3.8, 4) is 11.5 Å². The lowest BCUT2D eigenvalue weighted by molar-refractivity contribution is 0.0310. The summed E-state index contributed by atoms with van der Waals surface area (Å²) in [5.41, 5.74) is 0.178. The summed E-state index contributed by atoms with van der Waals surface area (Å²) in [6, 6.07) is 3.13. The molecular formula is C12H13BrO4. The molecule has 1 unspecified atom stereocenters. The minimum Gasteiger partial charge on any atom is -0.478 e. The summed E-state index contributed by atoms with van der Waals surface area (Å²) in [6.07, 6.45) is 0.454. The van der Waals surface area contributed by atoms with Crippen molar-refractivity contribution in [2.24, 2.45) is 5.92 Å². The molecule has 0 amide bonds. The van der Waals surface area contributed by atoms with Crippen LogP contribution in [0, 0.1) is 5.92 Å². The molecule has 1 heterocycles. The number of ether oxygens (including phenoxy) is 2. The lowest BCUT2D eigenvalue weighted by Crippen LogP contribution is -2.19. The summed E-state index contributed by atoms with van der Waals surface area (Å²) in [6.45, 7) is 4.16. The fraction of sp³-hybridized carbons (Fsp3) is 0.417. The van der Waals surface area contributed by atoms with Gasteiger partial charge in [-0.05, 0) is 34.0 Å². The Morgan fingerprint density at radius 1 is 1.41 bits per heavy atom. The third-order valence-corrected chi connectivity index (χ3v) is 3.10. The molecule has 1 aromatic rings. The third kappa shape index (κ3) is 2.54. The Morgan fingerprint density at radius 3 is 2.53 bits per heavy atom. The van der Waals surface area contributed by atoms with Crippen LogP contribution >= 0.6 is 15.9 Å². The van der Waals surface area contributed by atoms with Crippen molar-refractivity contribution in [2.75, 3.05) is 0 Å². The summed E-state index contributed by atoms with van der Waals surface area (Å²) in [4.78, 5) is 11.0. The maximum absolute atomic E-state index is 11.0. The van der Waals surface area contributed by atoms with Crippen molar-refractivity contribution < 1.29 is 19.4 Å². The first-order chi connectivity index (χ1) is 7.97. The first kappa shape index (κ1) is 12.2. The van der Waals surface area contributed by atoms with E-state index >= 15 is 0 Å². The first-order valence-corrected chi connectivity index (χ1v) is 6.17. The molecule has 92 valence electrons. The van der Waals surface area contributed by atoms with Crippen LogP contribution in [0.2, 0.25) is 0 Å². The highest BCUT2D eigenvalue weighted by molar-refractivity contribution is 9.10. The van der Waals surface area contributed by atoms with Crippen molar-refractivity contribution in [1.29, 1.82) is 0 Å². The topological polar surface area (TPSA) is 55.8 Å². The molecule has 4 nitrogen and oxygen atoms in total. The molecule has 1 aliphatic heterocycles. The molecule has 0 aliphatic carbocycles. The third-order valence-electron chi connectivity index (χ3n) is 2.44. The number of fused-ring (bicyclic) bond motifs is 1. The van der Waals surface area contributed by atoms with E-state index in [9.17, 15) is 4.79 Å². The molecule has 1 atom stereocenters. The molecule has 5 heteroatoms. The van der Waals surface area contributed by atoms with Crippen LogP contribution in [-0.2, 0) is 0 Å². The zero-order valence-electron chi connectivity index (χ0n) is 9.57. The second kappa shape index (κ2) is 4.56. The molecule has 17 heavy (non-hydrogen) atoms. The number of hydrogen-bond donors (Lipinski definition) is 1. The zero-order chi connectivity index (χ0) is 12.6. The van der Waals surface area contributed by atoms with Crippen molar-refractivity contribution in [1.82, 2.24) is 0 Å². The van der Waals surface area contributed by atoms with Gasteiger partial charge in [0.1, 0.15) is 0 Å². The molecule has 1 N–H and O–H groups in total. The van der Waals surface area contributed by atoms with Crippen LogP contribution in [0.25, 0.3) is 0 Å². The predicted octanol–water partition coefficient (Wildman–Crippen LogP) is 3.29. The van der Waals surface area contributed by atoms with Gasteiger partial charge in [-0.1, -0.05) is 13.8 Å². The Balaban J connectivity index is 2.24. The van der Waals surface area contributed by atoms with E-state index in [1.165, 1.54) is 6.07 Å². The van der Waals surface area contributed by atoms with Gasteiger partial charge in [0, 0.05) is 10.9 Å². The highest BCUT2D eigenvalue weighted by Gasteiger charge is 2.27. The minimum absolute atomic E-state index is 0.178. The van der Waals surface area contributed by atoms with Crippen LogP contribution in [0.3, 0.4) is 0 Å². The first-order valence-electron chi connectivity index (χ1n) is 5.37.